The molecule has 2 aliphatic heterocycles. The van der Waals surface area contributed by atoms with Crippen molar-refractivity contribution in [2.75, 3.05) is 85.7 Å². The van der Waals surface area contributed by atoms with Crippen LogP contribution in [0.1, 0.15) is 52.9 Å². The zero-order valence-electron chi connectivity index (χ0n) is 23.0. The smallest absolute Gasteiger partial charge is 0.234 e. The third-order valence-electron chi connectivity index (χ3n) is 7.94. The van der Waals surface area contributed by atoms with Gasteiger partial charge in [-0.25, -0.2) is 0 Å². The molecule has 2 N–H and O–H groups in total. The predicted molar refractivity (Wildman–Crippen MR) is 142 cm³/mol. The summed E-state index contributed by atoms with van der Waals surface area (Å²) in [5.41, 5.74) is 0. The molecule has 0 radical (unpaired) electrons. The molecule has 0 spiro atoms. The minimum atomic E-state index is 0.168. The van der Waals surface area contributed by atoms with E-state index in [1.807, 2.05) is 0 Å². The van der Waals surface area contributed by atoms with Gasteiger partial charge in [0.1, 0.15) is 0 Å². The van der Waals surface area contributed by atoms with Crippen molar-refractivity contribution in [2.45, 2.75) is 71.1 Å². The maximum atomic E-state index is 12.5. The summed E-state index contributed by atoms with van der Waals surface area (Å²) in [5, 5.41) is 6.70. The molecule has 0 aromatic rings. The fourth-order valence-corrected chi connectivity index (χ4v) is 5.84. The summed E-state index contributed by atoms with van der Waals surface area (Å²) in [6, 6.07) is 0.292. The molecule has 1 aliphatic carbocycles. The topological polar surface area (TPSA) is 69.3 Å². The molecule has 35 heavy (non-hydrogen) atoms. The average molecular weight is 496 g/mol. The second kappa shape index (κ2) is 15.5. The lowest BCUT2D eigenvalue weighted by Crippen LogP contribution is -2.54. The van der Waals surface area contributed by atoms with Crippen LogP contribution in [0.4, 0.5) is 0 Å². The van der Waals surface area contributed by atoms with Crippen molar-refractivity contribution in [2.24, 2.45) is 11.8 Å². The molecule has 204 valence electrons. The van der Waals surface area contributed by atoms with Gasteiger partial charge in [0.15, 0.2) is 0 Å². The van der Waals surface area contributed by atoms with E-state index in [1.54, 1.807) is 7.11 Å². The van der Waals surface area contributed by atoms with Crippen molar-refractivity contribution in [3.63, 3.8) is 0 Å². The van der Waals surface area contributed by atoms with Gasteiger partial charge in [0.2, 0.25) is 5.91 Å². The molecule has 1 saturated carbocycles. The number of nitrogens with one attached hydrogen (secondary N) is 2. The number of rotatable bonds is 15. The maximum absolute atomic E-state index is 12.5. The molecule has 8 heteroatoms. The molecule has 3 fully saturated rings. The van der Waals surface area contributed by atoms with Crippen LogP contribution < -0.4 is 10.6 Å². The van der Waals surface area contributed by atoms with Gasteiger partial charge >= 0.3 is 0 Å². The van der Waals surface area contributed by atoms with Gasteiger partial charge in [-0.3, -0.25) is 14.6 Å². The van der Waals surface area contributed by atoms with E-state index in [0.717, 1.165) is 103 Å². The average Bonchev–Trinajstić information content (AvgIpc) is 2.82. The second-order valence-electron chi connectivity index (χ2n) is 11.4. The predicted octanol–water partition coefficient (Wildman–Crippen LogP) is 1.65. The molecule has 0 aromatic carbocycles. The third kappa shape index (κ3) is 10.6. The van der Waals surface area contributed by atoms with Crippen LogP contribution in [0.2, 0.25) is 0 Å². The van der Waals surface area contributed by atoms with Gasteiger partial charge in [-0.1, -0.05) is 20.8 Å². The van der Waals surface area contributed by atoms with Crippen LogP contribution >= 0.6 is 0 Å². The van der Waals surface area contributed by atoms with Crippen molar-refractivity contribution in [3.8, 4) is 0 Å². The molecule has 2 unspecified atom stereocenters. The summed E-state index contributed by atoms with van der Waals surface area (Å²) in [5.74, 6) is 1.66. The Morgan fingerprint density at radius 1 is 0.943 bits per heavy atom. The zero-order valence-corrected chi connectivity index (χ0v) is 23.0. The second-order valence-corrected chi connectivity index (χ2v) is 11.4. The molecule has 3 rings (SSSR count). The van der Waals surface area contributed by atoms with Gasteiger partial charge in [-0.2, -0.15) is 0 Å². The Labute approximate surface area is 214 Å². The zero-order chi connectivity index (χ0) is 25.0. The SMILES string of the molecule is CCNCC(C)CC(C)CN1CCC(OC2CC(NC(=O)CN3CCN(CCOC)CC3)C2)CC1. The van der Waals surface area contributed by atoms with Gasteiger partial charge in [0, 0.05) is 65.5 Å². The van der Waals surface area contributed by atoms with E-state index < -0.39 is 0 Å². The highest BCUT2D eigenvalue weighted by molar-refractivity contribution is 5.78. The van der Waals surface area contributed by atoms with Crippen LogP contribution in [-0.4, -0.2) is 125 Å². The fraction of sp³-hybridized carbons (Fsp3) is 0.963. The minimum Gasteiger partial charge on any atom is -0.383 e. The van der Waals surface area contributed by atoms with E-state index in [-0.39, 0.29) is 5.91 Å². The summed E-state index contributed by atoms with van der Waals surface area (Å²) in [4.78, 5) is 19.8. The quantitative estimate of drug-likeness (QED) is 0.358. The number of carbonyl (C=O) groups is 1. The van der Waals surface area contributed by atoms with E-state index >= 15 is 0 Å². The van der Waals surface area contributed by atoms with Crippen molar-refractivity contribution in [1.29, 1.82) is 0 Å². The minimum absolute atomic E-state index is 0.168. The number of piperidine rings is 1. The van der Waals surface area contributed by atoms with Crippen molar-refractivity contribution in [3.05, 3.63) is 0 Å². The first-order valence-electron chi connectivity index (χ1n) is 14.3. The van der Waals surface area contributed by atoms with Crippen LogP contribution in [0.5, 0.6) is 0 Å². The first kappa shape index (κ1) is 28.8. The Kier molecular flexibility index (Phi) is 12.7. The van der Waals surface area contributed by atoms with Crippen molar-refractivity contribution in [1.82, 2.24) is 25.3 Å². The number of nitrogens with zero attached hydrogens (tertiary/aromatic N) is 3. The highest BCUT2D eigenvalue weighted by Crippen LogP contribution is 2.28. The van der Waals surface area contributed by atoms with Crippen LogP contribution in [0, 0.1) is 11.8 Å². The molecule has 0 bridgehead atoms. The number of ether oxygens (including phenoxy) is 2. The van der Waals surface area contributed by atoms with Crippen LogP contribution in [0.3, 0.4) is 0 Å². The van der Waals surface area contributed by atoms with E-state index in [0.29, 0.717) is 24.8 Å². The molecule has 0 aromatic heterocycles. The fourth-order valence-electron chi connectivity index (χ4n) is 5.84. The molecular weight excluding hydrogens is 442 g/mol. The Balaban J connectivity index is 1.20. The van der Waals surface area contributed by atoms with E-state index in [2.05, 4.69) is 46.1 Å². The molecule has 3 aliphatic rings. The van der Waals surface area contributed by atoms with Crippen molar-refractivity contribution >= 4 is 5.91 Å². The summed E-state index contributed by atoms with van der Waals surface area (Å²) in [6.07, 6.45) is 6.24. The Morgan fingerprint density at radius 2 is 1.63 bits per heavy atom. The molecule has 2 atom stereocenters. The Bertz CT molecular complexity index is 587. The molecule has 8 nitrogen and oxygen atoms in total. The number of carbonyl (C=O) groups excluding carboxylic acids is 1. The molecule has 2 saturated heterocycles. The maximum Gasteiger partial charge on any atom is 0.234 e. The van der Waals surface area contributed by atoms with Crippen LogP contribution in [-0.2, 0) is 14.3 Å². The Hall–Kier alpha value is -0.770. The standard InChI is InChI=1S/C27H53N5O3/c1-5-28-19-22(2)16-23(3)20-31-8-6-25(7-9-31)35-26-17-24(18-26)29-27(33)21-32-12-10-30(11-13-32)14-15-34-4/h22-26,28H,5-21H2,1-4H3,(H,29,33). The number of methoxy groups -OCH3 is 1. The van der Waals surface area contributed by atoms with E-state index in [9.17, 15) is 4.79 Å². The summed E-state index contributed by atoms with van der Waals surface area (Å²) in [7, 11) is 1.75. The van der Waals surface area contributed by atoms with Gasteiger partial charge < -0.3 is 25.0 Å². The summed E-state index contributed by atoms with van der Waals surface area (Å²) < 4.78 is 11.5. The van der Waals surface area contributed by atoms with Gasteiger partial charge in [0.05, 0.1) is 25.4 Å². The first-order chi connectivity index (χ1) is 16.9. The third-order valence-corrected chi connectivity index (χ3v) is 7.94. The number of piperazine rings is 1. The van der Waals surface area contributed by atoms with Crippen molar-refractivity contribution < 1.29 is 14.3 Å². The van der Waals surface area contributed by atoms with Gasteiger partial charge in [0.25, 0.3) is 0 Å². The van der Waals surface area contributed by atoms with Crippen LogP contribution in [0.25, 0.3) is 0 Å². The first-order valence-corrected chi connectivity index (χ1v) is 14.3. The molecular formula is C27H53N5O3. The number of hydrogen-bond donors (Lipinski definition) is 2. The normalized spacial score (nSPS) is 26.9. The monoisotopic (exact) mass is 495 g/mol. The Morgan fingerprint density at radius 3 is 2.29 bits per heavy atom. The summed E-state index contributed by atoms with van der Waals surface area (Å²) in [6.45, 7) is 18.9. The van der Waals surface area contributed by atoms with Gasteiger partial charge in [-0.05, 0) is 57.0 Å². The van der Waals surface area contributed by atoms with Crippen LogP contribution in [0.15, 0.2) is 0 Å². The molecule has 1 amide bonds. The lowest BCUT2D eigenvalue weighted by molar-refractivity contribution is -0.127. The largest absolute Gasteiger partial charge is 0.383 e. The molecule has 2 heterocycles. The number of hydrogen-bond acceptors (Lipinski definition) is 7. The summed E-state index contributed by atoms with van der Waals surface area (Å²) >= 11 is 0. The van der Waals surface area contributed by atoms with Gasteiger partial charge in [-0.15, -0.1) is 0 Å². The van der Waals surface area contributed by atoms with E-state index in [1.165, 1.54) is 13.0 Å². The van der Waals surface area contributed by atoms with E-state index in [4.69, 9.17) is 9.47 Å². The lowest BCUT2D eigenvalue weighted by Gasteiger charge is -2.41. The highest BCUT2D eigenvalue weighted by atomic mass is 16.5. The number of amides is 1. The highest BCUT2D eigenvalue weighted by Gasteiger charge is 2.34. The lowest BCUT2D eigenvalue weighted by atomic mass is 9.88. The number of likely N-dealkylation sites (tertiary alicyclic amines) is 1.